The summed E-state index contributed by atoms with van der Waals surface area (Å²) in [6.45, 7) is 0. The van der Waals surface area contributed by atoms with Gasteiger partial charge in [0.1, 0.15) is 18.2 Å². The molecule has 0 aliphatic heterocycles. The Labute approximate surface area is 101 Å². The number of hydrogen-bond donors (Lipinski definition) is 0. The number of nitrogens with zero attached hydrogens (tertiary/aromatic N) is 5. The Balaban J connectivity index is 2.25. The molecule has 0 N–H and O–H groups in total. The van der Waals surface area contributed by atoms with Gasteiger partial charge in [-0.1, -0.05) is 0 Å². The van der Waals surface area contributed by atoms with Gasteiger partial charge < -0.3 is 0 Å². The van der Waals surface area contributed by atoms with Crippen LogP contribution in [-0.2, 0) is 0 Å². The Morgan fingerprint density at radius 3 is 2.67 bits per heavy atom. The third-order valence-electron chi connectivity index (χ3n) is 2.54. The number of nitriles is 1. The van der Waals surface area contributed by atoms with Gasteiger partial charge in [0.05, 0.1) is 17.3 Å². The summed E-state index contributed by atoms with van der Waals surface area (Å²) >= 11 is 0. The number of hydrogen-bond acceptors (Lipinski definition) is 4. The molecule has 0 aliphatic rings. The fourth-order valence-corrected chi connectivity index (χ4v) is 1.70. The maximum absolute atomic E-state index is 12.9. The highest BCUT2D eigenvalue weighted by molar-refractivity contribution is 5.80. The molecule has 0 unspecified atom stereocenters. The summed E-state index contributed by atoms with van der Waals surface area (Å²) in [5.74, 6) is -0.317. The molecule has 0 atom stereocenters. The smallest absolute Gasteiger partial charge is 0.167 e. The highest BCUT2D eigenvalue weighted by Gasteiger charge is 2.10. The minimum Gasteiger partial charge on any atom is -0.225 e. The molecule has 0 radical (unpaired) electrons. The molecule has 86 valence electrons. The lowest BCUT2D eigenvalue weighted by molar-refractivity contribution is 0.627. The van der Waals surface area contributed by atoms with E-state index in [-0.39, 0.29) is 11.5 Å². The lowest BCUT2D eigenvalue weighted by atomic mass is 10.3. The van der Waals surface area contributed by atoms with Gasteiger partial charge in [-0.25, -0.2) is 19.0 Å². The zero-order valence-electron chi connectivity index (χ0n) is 9.08. The topological polar surface area (TPSA) is 67.4 Å². The van der Waals surface area contributed by atoms with Crippen LogP contribution < -0.4 is 0 Å². The first-order valence-corrected chi connectivity index (χ1v) is 5.14. The fourth-order valence-electron chi connectivity index (χ4n) is 1.70. The lowest BCUT2D eigenvalue weighted by Gasteiger charge is -2.02. The average molecular weight is 239 g/mol. The largest absolute Gasteiger partial charge is 0.225 e. The molecule has 6 heteroatoms. The van der Waals surface area contributed by atoms with Crippen molar-refractivity contribution in [2.75, 3.05) is 0 Å². The van der Waals surface area contributed by atoms with Crippen LogP contribution in [0.4, 0.5) is 4.39 Å². The molecule has 3 aromatic rings. The summed E-state index contributed by atoms with van der Waals surface area (Å²) in [7, 11) is 0. The van der Waals surface area contributed by atoms with Crippen molar-refractivity contribution in [3.63, 3.8) is 0 Å². The quantitative estimate of drug-likeness (QED) is 0.649. The van der Waals surface area contributed by atoms with Crippen molar-refractivity contribution in [1.82, 2.24) is 19.7 Å². The molecule has 0 saturated heterocycles. The van der Waals surface area contributed by atoms with Crippen molar-refractivity contribution in [3.8, 4) is 11.8 Å². The van der Waals surface area contributed by atoms with Crippen molar-refractivity contribution >= 4 is 11.0 Å². The molecule has 0 aliphatic carbocycles. The molecule has 3 rings (SSSR count). The van der Waals surface area contributed by atoms with Crippen LogP contribution in [0, 0.1) is 17.1 Å². The van der Waals surface area contributed by atoms with Crippen LogP contribution in [0.3, 0.4) is 0 Å². The monoisotopic (exact) mass is 239 g/mol. The third kappa shape index (κ3) is 1.50. The Morgan fingerprint density at radius 2 is 1.94 bits per heavy atom. The summed E-state index contributed by atoms with van der Waals surface area (Å²) in [5.41, 5.74) is 1.47. The summed E-state index contributed by atoms with van der Waals surface area (Å²) in [4.78, 5) is 7.95. The van der Waals surface area contributed by atoms with Gasteiger partial charge in [0.25, 0.3) is 0 Å². The molecular weight excluding hydrogens is 233 g/mol. The van der Waals surface area contributed by atoms with Crippen LogP contribution in [0.2, 0.25) is 0 Å². The van der Waals surface area contributed by atoms with Crippen molar-refractivity contribution in [1.29, 1.82) is 5.26 Å². The first-order valence-electron chi connectivity index (χ1n) is 5.14. The molecule has 18 heavy (non-hydrogen) atoms. The van der Waals surface area contributed by atoms with E-state index in [9.17, 15) is 4.39 Å². The molecule has 2 heterocycles. The SMILES string of the molecule is N#Cc1ncnc2c1cnn2-c1ccc(F)cc1. The number of fused-ring (bicyclic) bond motifs is 1. The van der Waals surface area contributed by atoms with Gasteiger partial charge >= 0.3 is 0 Å². The van der Waals surface area contributed by atoms with E-state index in [1.807, 2.05) is 6.07 Å². The molecule has 0 amide bonds. The maximum atomic E-state index is 12.9. The van der Waals surface area contributed by atoms with Crippen molar-refractivity contribution < 1.29 is 4.39 Å². The van der Waals surface area contributed by atoms with Crippen LogP contribution in [0.15, 0.2) is 36.8 Å². The van der Waals surface area contributed by atoms with Crippen LogP contribution in [0.5, 0.6) is 0 Å². The zero-order valence-corrected chi connectivity index (χ0v) is 9.08. The van der Waals surface area contributed by atoms with Crippen LogP contribution in [0.25, 0.3) is 16.7 Å². The number of rotatable bonds is 1. The molecule has 1 aromatic carbocycles. The predicted octanol–water partition coefficient (Wildman–Crippen LogP) is 1.83. The Bertz CT molecular complexity index is 754. The predicted molar refractivity (Wildman–Crippen MR) is 61.3 cm³/mol. The maximum Gasteiger partial charge on any atom is 0.167 e. The molecule has 5 nitrogen and oxygen atoms in total. The molecule has 2 aromatic heterocycles. The Morgan fingerprint density at radius 1 is 1.17 bits per heavy atom. The highest BCUT2D eigenvalue weighted by atomic mass is 19.1. The Kier molecular flexibility index (Phi) is 2.24. The minimum atomic E-state index is -0.317. The van der Waals surface area contributed by atoms with Crippen LogP contribution >= 0.6 is 0 Å². The molecule has 0 bridgehead atoms. The fraction of sp³-hybridized carbons (Fsp3) is 0. The van der Waals surface area contributed by atoms with Gasteiger partial charge in [0.15, 0.2) is 11.3 Å². The second kappa shape index (κ2) is 3.89. The third-order valence-corrected chi connectivity index (χ3v) is 2.54. The van der Waals surface area contributed by atoms with E-state index in [0.29, 0.717) is 16.7 Å². The van der Waals surface area contributed by atoms with E-state index in [1.165, 1.54) is 29.3 Å². The summed E-state index contributed by atoms with van der Waals surface area (Å²) in [5, 5.41) is 13.6. The molecule has 0 fully saturated rings. The van der Waals surface area contributed by atoms with Gasteiger partial charge in [-0.2, -0.15) is 10.4 Å². The van der Waals surface area contributed by atoms with Crippen LogP contribution in [0.1, 0.15) is 5.69 Å². The summed E-state index contributed by atoms with van der Waals surface area (Å²) < 4.78 is 14.4. The van der Waals surface area contributed by atoms with Gasteiger partial charge in [-0.05, 0) is 24.3 Å². The molecule has 0 spiro atoms. The van der Waals surface area contributed by atoms with E-state index >= 15 is 0 Å². The lowest BCUT2D eigenvalue weighted by Crippen LogP contribution is -1.98. The minimum absolute atomic E-state index is 0.272. The Hall–Kier alpha value is -2.81. The standard InChI is InChI=1S/C12H6FN5/c13-8-1-3-9(4-2-8)18-12-10(6-17-18)11(5-14)15-7-16-12/h1-4,6-7H. The second-order valence-corrected chi connectivity index (χ2v) is 3.60. The summed E-state index contributed by atoms with van der Waals surface area (Å²) in [6, 6.07) is 7.85. The van der Waals surface area contributed by atoms with Gasteiger partial charge in [-0.15, -0.1) is 0 Å². The van der Waals surface area contributed by atoms with E-state index in [1.54, 1.807) is 12.1 Å². The first-order chi connectivity index (χ1) is 8.79. The van der Waals surface area contributed by atoms with E-state index in [2.05, 4.69) is 15.1 Å². The second-order valence-electron chi connectivity index (χ2n) is 3.60. The molecule has 0 saturated carbocycles. The number of aromatic nitrogens is 4. The van der Waals surface area contributed by atoms with Crippen molar-refractivity contribution in [2.45, 2.75) is 0 Å². The van der Waals surface area contributed by atoms with Gasteiger partial charge in [-0.3, -0.25) is 0 Å². The number of benzene rings is 1. The summed E-state index contributed by atoms with van der Waals surface area (Å²) in [6.07, 6.45) is 2.83. The van der Waals surface area contributed by atoms with Crippen molar-refractivity contribution in [2.24, 2.45) is 0 Å². The average Bonchev–Trinajstić information content (AvgIpc) is 2.83. The van der Waals surface area contributed by atoms with Gasteiger partial charge in [0.2, 0.25) is 0 Å². The van der Waals surface area contributed by atoms with E-state index in [4.69, 9.17) is 5.26 Å². The van der Waals surface area contributed by atoms with Crippen LogP contribution in [-0.4, -0.2) is 19.7 Å². The molecular formula is C12H6FN5. The zero-order chi connectivity index (χ0) is 12.5. The van der Waals surface area contributed by atoms with E-state index in [0.717, 1.165) is 0 Å². The number of halogens is 1. The van der Waals surface area contributed by atoms with Crippen molar-refractivity contribution in [3.05, 3.63) is 48.3 Å². The normalized spacial score (nSPS) is 10.4. The van der Waals surface area contributed by atoms with E-state index < -0.39 is 0 Å². The van der Waals surface area contributed by atoms with Gasteiger partial charge in [0, 0.05) is 0 Å². The highest BCUT2D eigenvalue weighted by Crippen LogP contribution is 2.17. The first kappa shape index (κ1) is 10.4.